The third kappa shape index (κ3) is 4.29. The van der Waals surface area contributed by atoms with Crippen LogP contribution < -0.4 is 5.32 Å². The second-order valence-electron chi connectivity index (χ2n) is 6.34. The van der Waals surface area contributed by atoms with Gasteiger partial charge in [0.1, 0.15) is 5.58 Å². The molecule has 0 bridgehead atoms. The first-order valence-corrected chi connectivity index (χ1v) is 8.75. The lowest BCUT2D eigenvalue weighted by molar-refractivity contribution is -0.124. The van der Waals surface area contributed by atoms with Crippen LogP contribution in [0.25, 0.3) is 11.0 Å². The summed E-state index contributed by atoms with van der Waals surface area (Å²) in [5.74, 6) is -0.751. The standard InChI is InChI=1S/C20H23NO4/c1-14-16-9-5-6-10-17(16)25-19(14)20(23)24-13-18(22)21-12-11-15-7-3-2-4-8-15/h5-7,9-10H,2-4,8,11-13H2,1H3,(H,21,22). The molecule has 132 valence electrons. The number of fused-ring (bicyclic) bond motifs is 1. The van der Waals surface area contributed by atoms with E-state index in [0.717, 1.165) is 30.2 Å². The van der Waals surface area contributed by atoms with Crippen LogP contribution in [0.1, 0.15) is 48.2 Å². The van der Waals surface area contributed by atoms with Crippen LogP contribution in [0.4, 0.5) is 0 Å². The van der Waals surface area contributed by atoms with E-state index in [1.165, 1.54) is 18.4 Å². The van der Waals surface area contributed by atoms with Crippen LogP contribution in [0.5, 0.6) is 0 Å². The monoisotopic (exact) mass is 341 g/mol. The zero-order valence-electron chi connectivity index (χ0n) is 14.5. The van der Waals surface area contributed by atoms with Gasteiger partial charge in [-0.05, 0) is 45.1 Å². The van der Waals surface area contributed by atoms with E-state index in [9.17, 15) is 9.59 Å². The molecular weight excluding hydrogens is 318 g/mol. The van der Waals surface area contributed by atoms with Gasteiger partial charge >= 0.3 is 5.97 Å². The van der Waals surface area contributed by atoms with E-state index >= 15 is 0 Å². The Bertz CT molecular complexity index is 803. The van der Waals surface area contributed by atoms with Crippen LogP contribution in [0.3, 0.4) is 0 Å². The summed E-state index contributed by atoms with van der Waals surface area (Å²) in [5, 5.41) is 3.67. The fourth-order valence-corrected chi connectivity index (χ4v) is 3.11. The summed E-state index contributed by atoms with van der Waals surface area (Å²) in [4.78, 5) is 24.0. The van der Waals surface area contributed by atoms with Crippen molar-refractivity contribution in [1.82, 2.24) is 5.32 Å². The zero-order chi connectivity index (χ0) is 17.6. The highest BCUT2D eigenvalue weighted by Gasteiger charge is 2.19. The van der Waals surface area contributed by atoms with E-state index in [2.05, 4.69) is 11.4 Å². The molecule has 1 heterocycles. The number of amides is 1. The molecule has 0 saturated heterocycles. The Hall–Kier alpha value is -2.56. The van der Waals surface area contributed by atoms with E-state index in [0.29, 0.717) is 12.1 Å². The molecule has 5 heteroatoms. The largest absolute Gasteiger partial charge is 0.450 e. The molecule has 0 spiro atoms. The summed E-state index contributed by atoms with van der Waals surface area (Å²) in [5.41, 5.74) is 2.77. The molecule has 1 aromatic heterocycles. The van der Waals surface area contributed by atoms with Gasteiger partial charge in [0.05, 0.1) is 0 Å². The third-order valence-electron chi connectivity index (χ3n) is 4.52. The molecule has 2 aromatic rings. The highest BCUT2D eigenvalue weighted by atomic mass is 16.5. The number of hydrogen-bond acceptors (Lipinski definition) is 4. The summed E-state index contributed by atoms with van der Waals surface area (Å²) in [6.45, 7) is 2.08. The van der Waals surface area contributed by atoms with Crippen molar-refractivity contribution in [3.8, 4) is 0 Å². The number of rotatable bonds is 6. The van der Waals surface area contributed by atoms with Crippen molar-refractivity contribution in [1.29, 1.82) is 0 Å². The van der Waals surface area contributed by atoms with Gasteiger partial charge in [-0.3, -0.25) is 4.79 Å². The van der Waals surface area contributed by atoms with E-state index in [1.54, 1.807) is 13.0 Å². The van der Waals surface area contributed by atoms with Crippen LogP contribution in [0, 0.1) is 6.92 Å². The highest BCUT2D eigenvalue weighted by Crippen LogP contribution is 2.25. The average Bonchev–Trinajstić information content (AvgIpc) is 2.98. The molecule has 0 atom stereocenters. The van der Waals surface area contributed by atoms with Crippen molar-refractivity contribution in [3.63, 3.8) is 0 Å². The molecule has 25 heavy (non-hydrogen) atoms. The molecule has 0 unspecified atom stereocenters. The van der Waals surface area contributed by atoms with Gasteiger partial charge in [-0.1, -0.05) is 29.8 Å². The van der Waals surface area contributed by atoms with Gasteiger partial charge in [-0.2, -0.15) is 0 Å². The number of para-hydroxylation sites is 1. The second-order valence-corrected chi connectivity index (χ2v) is 6.34. The third-order valence-corrected chi connectivity index (χ3v) is 4.52. The van der Waals surface area contributed by atoms with Crippen molar-refractivity contribution >= 4 is 22.8 Å². The van der Waals surface area contributed by atoms with Crippen molar-refractivity contribution in [2.45, 2.75) is 39.0 Å². The number of benzene rings is 1. The minimum absolute atomic E-state index is 0.154. The second kappa shape index (κ2) is 8.01. The van der Waals surface area contributed by atoms with Gasteiger partial charge in [-0.25, -0.2) is 4.79 Å². The van der Waals surface area contributed by atoms with Crippen molar-refractivity contribution in [2.75, 3.05) is 13.2 Å². The van der Waals surface area contributed by atoms with E-state index in [4.69, 9.17) is 9.15 Å². The molecule has 1 aliphatic rings. The van der Waals surface area contributed by atoms with Gasteiger partial charge in [0.2, 0.25) is 5.76 Å². The zero-order valence-corrected chi connectivity index (χ0v) is 14.5. The molecule has 1 aromatic carbocycles. The van der Waals surface area contributed by atoms with Crippen molar-refractivity contribution in [2.24, 2.45) is 0 Å². The Morgan fingerprint density at radius 3 is 2.84 bits per heavy atom. The lowest BCUT2D eigenvalue weighted by Crippen LogP contribution is -2.29. The van der Waals surface area contributed by atoms with Crippen molar-refractivity contribution in [3.05, 3.63) is 47.2 Å². The summed E-state index contributed by atoms with van der Waals surface area (Å²) in [6, 6.07) is 7.41. The summed E-state index contributed by atoms with van der Waals surface area (Å²) < 4.78 is 10.6. The van der Waals surface area contributed by atoms with Gasteiger partial charge in [0.25, 0.3) is 5.91 Å². The Labute approximate surface area is 147 Å². The number of aryl methyl sites for hydroxylation is 1. The number of esters is 1. The van der Waals surface area contributed by atoms with Crippen LogP contribution >= 0.6 is 0 Å². The molecule has 0 radical (unpaired) electrons. The molecule has 1 aliphatic carbocycles. The molecule has 0 saturated carbocycles. The smallest absolute Gasteiger partial charge is 0.375 e. The summed E-state index contributed by atoms with van der Waals surface area (Å²) >= 11 is 0. The van der Waals surface area contributed by atoms with Crippen LogP contribution in [0.15, 0.2) is 40.3 Å². The van der Waals surface area contributed by atoms with Gasteiger partial charge in [0.15, 0.2) is 6.61 Å². The molecular formula is C20H23NO4. The first-order valence-electron chi connectivity index (χ1n) is 8.75. The number of ether oxygens (including phenoxy) is 1. The minimum atomic E-state index is -0.612. The lowest BCUT2D eigenvalue weighted by atomic mass is 9.97. The van der Waals surface area contributed by atoms with Crippen LogP contribution in [-0.2, 0) is 9.53 Å². The number of nitrogens with one attached hydrogen (secondary N) is 1. The summed E-state index contributed by atoms with van der Waals surface area (Å²) in [7, 11) is 0. The number of carbonyl (C=O) groups excluding carboxylic acids is 2. The first kappa shape index (κ1) is 17.3. The summed E-state index contributed by atoms with van der Waals surface area (Å²) in [6.07, 6.45) is 7.87. The topological polar surface area (TPSA) is 68.5 Å². The predicted octanol–water partition coefficient (Wildman–Crippen LogP) is 3.90. The normalized spacial score (nSPS) is 14.2. The Morgan fingerprint density at radius 2 is 2.08 bits per heavy atom. The maximum Gasteiger partial charge on any atom is 0.375 e. The predicted molar refractivity (Wildman–Crippen MR) is 95.4 cm³/mol. The number of carbonyl (C=O) groups is 2. The Morgan fingerprint density at radius 1 is 1.24 bits per heavy atom. The maximum absolute atomic E-state index is 12.2. The fraction of sp³-hybridized carbons (Fsp3) is 0.400. The number of hydrogen-bond donors (Lipinski definition) is 1. The Balaban J connectivity index is 1.47. The molecule has 3 rings (SSSR count). The van der Waals surface area contributed by atoms with Crippen LogP contribution in [-0.4, -0.2) is 25.0 Å². The average molecular weight is 341 g/mol. The lowest BCUT2D eigenvalue weighted by Gasteiger charge is -2.12. The van der Waals surface area contributed by atoms with Crippen LogP contribution in [0.2, 0.25) is 0 Å². The van der Waals surface area contributed by atoms with E-state index in [1.807, 2.05) is 18.2 Å². The maximum atomic E-state index is 12.2. The van der Waals surface area contributed by atoms with Gasteiger partial charge in [0, 0.05) is 17.5 Å². The van der Waals surface area contributed by atoms with Crippen molar-refractivity contribution < 1.29 is 18.7 Å². The highest BCUT2D eigenvalue weighted by molar-refractivity contribution is 5.96. The number of allylic oxidation sites excluding steroid dienone is 1. The minimum Gasteiger partial charge on any atom is -0.450 e. The van der Waals surface area contributed by atoms with E-state index in [-0.39, 0.29) is 18.3 Å². The molecule has 1 N–H and O–H groups in total. The van der Waals surface area contributed by atoms with Gasteiger partial charge in [-0.15, -0.1) is 0 Å². The molecule has 0 aliphatic heterocycles. The first-order chi connectivity index (χ1) is 12.1. The fourth-order valence-electron chi connectivity index (χ4n) is 3.11. The quantitative estimate of drug-likeness (QED) is 0.639. The molecule has 5 nitrogen and oxygen atoms in total. The number of furan rings is 1. The Kier molecular flexibility index (Phi) is 5.53. The SMILES string of the molecule is Cc1c(C(=O)OCC(=O)NCCC2=CCCCC2)oc2ccccc12. The molecule has 1 amide bonds. The van der Waals surface area contributed by atoms with Gasteiger partial charge < -0.3 is 14.5 Å². The van der Waals surface area contributed by atoms with E-state index < -0.39 is 5.97 Å². The molecule has 0 fully saturated rings.